The molecule has 0 saturated carbocycles. The topological polar surface area (TPSA) is 26.3 Å². The molecule has 1 aromatic carbocycles. The normalized spacial score (nSPS) is 15.1. The van der Waals surface area contributed by atoms with E-state index in [2.05, 4.69) is 12.1 Å². The fourth-order valence-corrected chi connectivity index (χ4v) is 4.04. The van der Waals surface area contributed by atoms with E-state index in [0.29, 0.717) is 0 Å². The second-order valence-corrected chi connectivity index (χ2v) is 5.79. The Morgan fingerprint density at radius 3 is 2.88 bits per heavy atom. The van der Waals surface area contributed by atoms with E-state index in [1.807, 2.05) is 18.2 Å². The maximum Gasteiger partial charge on any atom is 0.345 e. The first-order valence-electron chi connectivity index (χ1n) is 5.42. The van der Waals surface area contributed by atoms with Crippen molar-refractivity contribution in [3.63, 3.8) is 0 Å². The lowest BCUT2D eigenvalue weighted by molar-refractivity contribution is -0.135. The van der Waals surface area contributed by atoms with Gasteiger partial charge in [-0.25, -0.2) is 4.79 Å². The number of hydrogen-bond donors (Lipinski definition) is 0. The number of methoxy groups -OCH3 is 1. The molecule has 0 amide bonds. The van der Waals surface area contributed by atoms with Crippen LogP contribution >= 0.6 is 23.5 Å². The molecule has 1 heterocycles. The minimum Gasteiger partial charge on any atom is -0.465 e. The van der Waals surface area contributed by atoms with Gasteiger partial charge in [-0.1, -0.05) is 30.3 Å². The van der Waals surface area contributed by atoms with Crippen LogP contribution in [0.25, 0.3) is 0 Å². The number of carbonyl (C=O) groups excluding carboxylic acids is 1. The van der Waals surface area contributed by atoms with Crippen LogP contribution in [0.4, 0.5) is 0 Å². The van der Waals surface area contributed by atoms with Gasteiger partial charge in [0.2, 0.25) is 0 Å². The predicted octanol–water partition coefficient (Wildman–Crippen LogP) is 3.44. The van der Waals surface area contributed by atoms with Crippen LogP contribution in [0.1, 0.15) is 12.0 Å². The van der Waals surface area contributed by atoms with Crippen LogP contribution in [0.15, 0.2) is 40.1 Å². The number of benzene rings is 1. The summed E-state index contributed by atoms with van der Waals surface area (Å²) >= 11 is 3.35. The van der Waals surface area contributed by atoms with Crippen LogP contribution in [0.3, 0.4) is 0 Å². The van der Waals surface area contributed by atoms with Gasteiger partial charge in [-0.3, -0.25) is 0 Å². The fraction of sp³-hybridized carbons (Fsp3) is 0.308. The van der Waals surface area contributed by atoms with Crippen LogP contribution in [-0.2, 0) is 15.3 Å². The predicted molar refractivity (Wildman–Crippen MR) is 73.9 cm³/mol. The highest BCUT2D eigenvalue weighted by Crippen LogP contribution is 2.39. The summed E-state index contributed by atoms with van der Waals surface area (Å²) in [7, 11) is 1.44. The molecule has 0 bridgehead atoms. The number of thioether (sulfide) groups is 2. The molecule has 0 spiro atoms. The summed E-state index contributed by atoms with van der Waals surface area (Å²) in [4.78, 5) is 13.5. The van der Waals surface area contributed by atoms with Gasteiger partial charge in [-0.15, -0.1) is 23.5 Å². The fourth-order valence-electron chi connectivity index (χ4n) is 1.59. The molecule has 17 heavy (non-hydrogen) atoms. The van der Waals surface area contributed by atoms with Crippen molar-refractivity contribution in [3.8, 4) is 0 Å². The largest absolute Gasteiger partial charge is 0.465 e. The standard InChI is InChI=1S/C13H14O2S2/c1-15-13(14)12-11(7-8-16-12)17-9-10-5-3-2-4-6-10/h2-6H,7-9H2,1H3. The first-order chi connectivity index (χ1) is 8.31. The van der Waals surface area contributed by atoms with Crippen LogP contribution in [0.2, 0.25) is 0 Å². The maximum absolute atomic E-state index is 11.5. The van der Waals surface area contributed by atoms with Gasteiger partial charge in [-0.05, 0) is 12.0 Å². The third kappa shape index (κ3) is 3.30. The Bertz CT molecular complexity index is 426. The molecule has 1 aliphatic rings. The van der Waals surface area contributed by atoms with Gasteiger partial charge in [0.05, 0.1) is 7.11 Å². The average Bonchev–Trinajstić information content (AvgIpc) is 2.85. The van der Waals surface area contributed by atoms with Crippen LogP contribution in [0.5, 0.6) is 0 Å². The summed E-state index contributed by atoms with van der Waals surface area (Å²) in [5.41, 5.74) is 1.28. The number of ether oxygens (including phenoxy) is 1. The number of esters is 1. The van der Waals surface area contributed by atoms with Gasteiger partial charge >= 0.3 is 5.97 Å². The van der Waals surface area contributed by atoms with Crippen molar-refractivity contribution in [2.45, 2.75) is 12.2 Å². The number of carbonyl (C=O) groups is 1. The summed E-state index contributed by atoms with van der Waals surface area (Å²) in [6, 6.07) is 10.3. The Morgan fingerprint density at radius 1 is 1.41 bits per heavy atom. The van der Waals surface area contributed by atoms with Crippen molar-refractivity contribution >= 4 is 29.5 Å². The minimum absolute atomic E-state index is 0.192. The molecule has 1 aliphatic heterocycles. The summed E-state index contributed by atoms with van der Waals surface area (Å²) < 4.78 is 4.79. The van der Waals surface area contributed by atoms with E-state index in [9.17, 15) is 4.79 Å². The van der Waals surface area contributed by atoms with Crippen LogP contribution < -0.4 is 0 Å². The Hall–Kier alpha value is -0.870. The summed E-state index contributed by atoms with van der Waals surface area (Å²) in [6.45, 7) is 0. The van der Waals surface area contributed by atoms with Gasteiger partial charge in [0.25, 0.3) is 0 Å². The quantitative estimate of drug-likeness (QED) is 0.780. The van der Waals surface area contributed by atoms with E-state index in [1.54, 1.807) is 23.5 Å². The molecule has 0 unspecified atom stereocenters. The summed E-state index contributed by atoms with van der Waals surface area (Å²) in [6.07, 6.45) is 0.979. The number of hydrogen-bond acceptors (Lipinski definition) is 4. The SMILES string of the molecule is COC(=O)C1=C(SCc2ccccc2)CCS1. The summed E-state index contributed by atoms with van der Waals surface area (Å²) in [5, 5.41) is 0. The highest BCUT2D eigenvalue weighted by atomic mass is 32.2. The third-order valence-corrected chi connectivity index (χ3v) is 4.93. The zero-order valence-corrected chi connectivity index (χ0v) is 11.3. The Morgan fingerprint density at radius 2 is 2.18 bits per heavy atom. The lowest BCUT2D eigenvalue weighted by atomic mass is 10.2. The molecule has 0 N–H and O–H groups in total. The van der Waals surface area contributed by atoms with Gasteiger partial charge in [0.15, 0.2) is 0 Å². The van der Waals surface area contributed by atoms with Crippen molar-refractivity contribution < 1.29 is 9.53 Å². The second kappa shape index (κ2) is 6.17. The first kappa shape index (κ1) is 12.6. The molecule has 0 aromatic heterocycles. The van der Waals surface area contributed by atoms with Crippen LogP contribution in [0, 0.1) is 0 Å². The third-order valence-electron chi connectivity index (χ3n) is 2.46. The monoisotopic (exact) mass is 266 g/mol. The van der Waals surface area contributed by atoms with Crippen molar-refractivity contribution in [2.75, 3.05) is 12.9 Å². The summed E-state index contributed by atoms with van der Waals surface area (Å²) in [5.74, 6) is 1.71. The molecular formula is C13H14O2S2. The lowest BCUT2D eigenvalue weighted by Gasteiger charge is -2.05. The number of rotatable bonds is 4. The highest BCUT2D eigenvalue weighted by Gasteiger charge is 2.22. The average molecular weight is 266 g/mol. The van der Waals surface area contributed by atoms with Gasteiger partial charge in [0, 0.05) is 16.4 Å². The number of allylic oxidation sites excluding steroid dienone is 1. The van der Waals surface area contributed by atoms with Crippen molar-refractivity contribution in [3.05, 3.63) is 45.7 Å². The van der Waals surface area contributed by atoms with Crippen LogP contribution in [-0.4, -0.2) is 18.8 Å². The zero-order valence-electron chi connectivity index (χ0n) is 9.64. The Balaban J connectivity index is 2.01. The van der Waals surface area contributed by atoms with Gasteiger partial charge in [-0.2, -0.15) is 0 Å². The first-order valence-corrected chi connectivity index (χ1v) is 7.39. The molecule has 0 saturated heterocycles. The van der Waals surface area contributed by atoms with E-state index in [-0.39, 0.29) is 5.97 Å². The molecule has 2 nitrogen and oxygen atoms in total. The van der Waals surface area contributed by atoms with Crippen molar-refractivity contribution in [1.29, 1.82) is 0 Å². The van der Waals surface area contributed by atoms with E-state index < -0.39 is 0 Å². The Kier molecular flexibility index (Phi) is 4.57. The molecule has 2 rings (SSSR count). The molecule has 0 fully saturated rings. The molecule has 1 aromatic rings. The Labute approximate surface area is 110 Å². The second-order valence-electron chi connectivity index (χ2n) is 3.62. The van der Waals surface area contributed by atoms with E-state index in [0.717, 1.165) is 22.8 Å². The molecule has 90 valence electrons. The zero-order chi connectivity index (χ0) is 12.1. The minimum atomic E-state index is -0.192. The molecule has 0 aliphatic carbocycles. The molecule has 0 atom stereocenters. The molecular weight excluding hydrogens is 252 g/mol. The highest BCUT2D eigenvalue weighted by molar-refractivity contribution is 8.07. The van der Waals surface area contributed by atoms with E-state index in [4.69, 9.17) is 4.74 Å². The lowest BCUT2D eigenvalue weighted by Crippen LogP contribution is -2.01. The molecule has 0 radical (unpaired) electrons. The molecule has 4 heteroatoms. The van der Waals surface area contributed by atoms with Crippen molar-refractivity contribution in [2.24, 2.45) is 0 Å². The van der Waals surface area contributed by atoms with E-state index in [1.165, 1.54) is 17.6 Å². The van der Waals surface area contributed by atoms with Gasteiger partial charge < -0.3 is 4.74 Å². The smallest absolute Gasteiger partial charge is 0.345 e. The van der Waals surface area contributed by atoms with Gasteiger partial charge in [0.1, 0.15) is 4.91 Å². The van der Waals surface area contributed by atoms with E-state index >= 15 is 0 Å². The van der Waals surface area contributed by atoms with Crippen molar-refractivity contribution in [1.82, 2.24) is 0 Å². The maximum atomic E-state index is 11.5.